The van der Waals surface area contributed by atoms with E-state index in [4.69, 9.17) is 34.8 Å². The van der Waals surface area contributed by atoms with E-state index in [1.807, 2.05) is 0 Å². The first-order valence-corrected chi connectivity index (χ1v) is 12.1. The molecule has 3 rings (SSSR count). The smallest absolute Gasteiger partial charge is 0.245 e. The number of hydrogen-bond donors (Lipinski definition) is 2. The first kappa shape index (κ1) is 23.5. The number of hydrogen-bond acceptors (Lipinski definition) is 6. The fourth-order valence-electron chi connectivity index (χ4n) is 2.69. The fourth-order valence-corrected chi connectivity index (χ4v) is 6.22. The van der Waals surface area contributed by atoms with Crippen molar-refractivity contribution in [2.24, 2.45) is 0 Å². The lowest BCUT2D eigenvalue weighted by molar-refractivity contribution is -0.114. The van der Waals surface area contributed by atoms with Crippen LogP contribution in [-0.2, 0) is 14.8 Å². The summed E-state index contributed by atoms with van der Waals surface area (Å²) >= 11 is 19.3. The molecule has 0 aliphatic carbocycles. The Balaban J connectivity index is 1.84. The Morgan fingerprint density at radius 1 is 1.13 bits per heavy atom. The highest BCUT2D eigenvalue weighted by Gasteiger charge is 2.30. The lowest BCUT2D eigenvalue weighted by Gasteiger charge is -2.17. The van der Waals surface area contributed by atoms with Gasteiger partial charge in [0.2, 0.25) is 21.1 Å². The van der Waals surface area contributed by atoms with Crippen LogP contribution in [0.5, 0.6) is 0 Å². The molecule has 1 heterocycles. The molecule has 2 aromatic carbocycles. The first-order chi connectivity index (χ1) is 14.6. The maximum absolute atomic E-state index is 13.0. The highest BCUT2D eigenvalue weighted by atomic mass is 35.5. The van der Waals surface area contributed by atoms with Gasteiger partial charge in [-0.15, -0.1) is 16.8 Å². The minimum Gasteiger partial charge on any atom is -0.326 e. The van der Waals surface area contributed by atoms with Gasteiger partial charge in [-0.05, 0) is 36.4 Å². The Morgan fingerprint density at radius 2 is 1.74 bits per heavy atom. The van der Waals surface area contributed by atoms with Crippen LogP contribution in [0, 0.1) is 0 Å². The van der Waals surface area contributed by atoms with Gasteiger partial charge in [-0.1, -0.05) is 52.2 Å². The molecule has 0 fully saturated rings. The minimum absolute atomic E-state index is 0.0639. The number of amides is 1. The van der Waals surface area contributed by atoms with Crippen LogP contribution in [0.1, 0.15) is 17.7 Å². The second-order valence-electron chi connectivity index (χ2n) is 6.26. The van der Waals surface area contributed by atoms with Gasteiger partial charge in [-0.3, -0.25) is 9.52 Å². The summed E-state index contributed by atoms with van der Waals surface area (Å²) in [6.45, 7) is 5.01. The largest absolute Gasteiger partial charge is 0.326 e. The molecule has 162 valence electrons. The van der Waals surface area contributed by atoms with Crippen LogP contribution in [0.4, 0.5) is 10.8 Å². The molecule has 0 radical (unpaired) electrons. The van der Waals surface area contributed by atoms with Crippen molar-refractivity contribution in [1.29, 1.82) is 0 Å². The van der Waals surface area contributed by atoms with Crippen LogP contribution in [-0.4, -0.2) is 24.5 Å². The Bertz CT molecular complexity index is 1220. The third-order valence-corrected chi connectivity index (χ3v) is 7.42. The third-order valence-electron chi connectivity index (χ3n) is 3.98. The molecule has 1 atom stereocenters. The van der Waals surface area contributed by atoms with Gasteiger partial charge >= 0.3 is 0 Å². The van der Waals surface area contributed by atoms with Crippen molar-refractivity contribution in [3.8, 4) is 10.6 Å². The summed E-state index contributed by atoms with van der Waals surface area (Å²) in [5.41, 5.74) is 1.50. The van der Waals surface area contributed by atoms with E-state index in [9.17, 15) is 13.2 Å². The molecule has 0 aliphatic rings. The van der Waals surface area contributed by atoms with Crippen molar-refractivity contribution in [2.75, 3.05) is 10.0 Å². The summed E-state index contributed by atoms with van der Waals surface area (Å²) in [4.78, 5) is 11.1. The van der Waals surface area contributed by atoms with Gasteiger partial charge in [-0.2, -0.15) is 0 Å². The molecular formula is C19H15Cl3N4O3S2. The number of carbonyl (C=O) groups is 1. The lowest BCUT2D eigenvalue weighted by Crippen LogP contribution is -2.20. The minimum atomic E-state index is -4.05. The summed E-state index contributed by atoms with van der Waals surface area (Å²) < 4.78 is 28.4. The van der Waals surface area contributed by atoms with Crippen LogP contribution in [0.3, 0.4) is 0 Å². The zero-order valence-electron chi connectivity index (χ0n) is 15.9. The van der Waals surface area contributed by atoms with Gasteiger partial charge in [0, 0.05) is 38.8 Å². The second kappa shape index (κ2) is 9.54. The second-order valence-corrected chi connectivity index (χ2v) is 10.3. The number of rotatable bonds is 7. The highest BCUT2D eigenvalue weighted by molar-refractivity contribution is 7.93. The standard InChI is InChI=1S/C19H15Cl3N4O3S2/c1-3-16(17-14(21)8-12(20)9-15(17)22)31(28,29)26-19-25-24-18(30-19)11-4-6-13(7-5-11)23-10(2)27/h3-9,16H,1H2,2H3,(H,23,27)(H,25,26). The van der Waals surface area contributed by atoms with E-state index in [2.05, 4.69) is 26.8 Å². The molecule has 2 N–H and O–H groups in total. The fraction of sp³-hybridized carbons (Fsp3) is 0.105. The summed E-state index contributed by atoms with van der Waals surface area (Å²) in [5, 5.41) is 10.4. The van der Waals surface area contributed by atoms with Crippen molar-refractivity contribution in [3.05, 3.63) is 69.7 Å². The summed E-state index contributed by atoms with van der Waals surface area (Å²) in [6, 6.07) is 9.71. The van der Waals surface area contributed by atoms with E-state index in [0.717, 1.165) is 11.3 Å². The number of anilines is 2. The van der Waals surface area contributed by atoms with Crippen molar-refractivity contribution in [3.63, 3.8) is 0 Å². The van der Waals surface area contributed by atoms with E-state index in [1.54, 1.807) is 24.3 Å². The van der Waals surface area contributed by atoms with Crippen molar-refractivity contribution >= 4 is 72.9 Å². The molecule has 3 aromatic rings. The van der Waals surface area contributed by atoms with Crippen LogP contribution in [0.2, 0.25) is 15.1 Å². The average Bonchev–Trinajstić information content (AvgIpc) is 3.12. The van der Waals surface area contributed by atoms with Gasteiger partial charge in [-0.25, -0.2) is 8.42 Å². The van der Waals surface area contributed by atoms with E-state index >= 15 is 0 Å². The van der Waals surface area contributed by atoms with Crippen LogP contribution < -0.4 is 10.0 Å². The van der Waals surface area contributed by atoms with Crippen molar-refractivity contribution in [2.45, 2.75) is 12.2 Å². The molecule has 0 saturated carbocycles. The molecule has 1 amide bonds. The Hall–Kier alpha value is -2.17. The van der Waals surface area contributed by atoms with Crippen molar-refractivity contribution in [1.82, 2.24) is 10.2 Å². The van der Waals surface area contributed by atoms with Crippen molar-refractivity contribution < 1.29 is 13.2 Å². The molecule has 0 spiro atoms. The molecule has 7 nitrogen and oxygen atoms in total. The average molecular weight is 518 g/mol. The van der Waals surface area contributed by atoms with Crippen LogP contribution >= 0.6 is 46.1 Å². The molecule has 0 saturated heterocycles. The third kappa shape index (κ3) is 5.55. The summed E-state index contributed by atoms with van der Waals surface area (Å²) in [6.07, 6.45) is 1.21. The number of nitrogens with one attached hydrogen (secondary N) is 2. The number of benzene rings is 2. The predicted octanol–water partition coefficient (Wildman–Crippen LogP) is 5.79. The number of halogens is 3. The molecule has 1 unspecified atom stereocenters. The van der Waals surface area contributed by atoms with Crippen LogP contribution in [0.15, 0.2) is 49.1 Å². The summed E-state index contributed by atoms with van der Waals surface area (Å²) in [5.74, 6) is -0.182. The SMILES string of the molecule is C=CC(c1c(Cl)cc(Cl)cc1Cl)S(=O)(=O)Nc1nnc(-c2ccc(NC(C)=O)cc2)s1. The molecule has 1 aromatic heterocycles. The lowest BCUT2D eigenvalue weighted by atomic mass is 10.1. The maximum Gasteiger partial charge on any atom is 0.245 e. The molecular weight excluding hydrogens is 503 g/mol. The first-order valence-electron chi connectivity index (χ1n) is 8.61. The highest BCUT2D eigenvalue weighted by Crippen LogP contribution is 2.39. The van der Waals surface area contributed by atoms with Gasteiger partial charge in [0.25, 0.3) is 0 Å². The monoisotopic (exact) mass is 516 g/mol. The molecule has 0 aliphatic heterocycles. The number of nitrogens with zero attached hydrogens (tertiary/aromatic N) is 2. The molecule has 0 bridgehead atoms. The maximum atomic E-state index is 13.0. The topological polar surface area (TPSA) is 101 Å². The van der Waals surface area contributed by atoms with Crippen LogP contribution in [0.25, 0.3) is 10.6 Å². The normalized spacial score (nSPS) is 12.3. The van der Waals surface area contributed by atoms with Gasteiger partial charge in [0.15, 0.2) is 0 Å². The number of carbonyl (C=O) groups excluding carboxylic acids is 1. The Labute approximate surface area is 198 Å². The predicted molar refractivity (Wildman–Crippen MR) is 127 cm³/mol. The van der Waals surface area contributed by atoms with E-state index in [0.29, 0.717) is 16.3 Å². The number of aromatic nitrogens is 2. The van der Waals surface area contributed by atoms with E-state index < -0.39 is 15.3 Å². The zero-order valence-corrected chi connectivity index (χ0v) is 19.8. The van der Waals surface area contributed by atoms with E-state index in [1.165, 1.54) is 25.1 Å². The number of sulfonamides is 1. The van der Waals surface area contributed by atoms with Gasteiger partial charge < -0.3 is 5.32 Å². The molecule has 31 heavy (non-hydrogen) atoms. The molecule has 12 heteroatoms. The quantitative estimate of drug-likeness (QED) is 0.386. The van der Waals surface area contributed by atoms with Gasteiger partial charge in [0.1, 0.15) is 10.3 Å². The Kier molecular flexibility index (Phi) is 7.23. The summed E-state index contributed by atoms with van der Waals surface area (Å²) in [7, 11) is -4.05. The van der Waals surface area contributed by atoms with E-state index in [-0.39, 0.29) is 31.7 Å². The Morgan fingerprint density at radius 3 is 2.29 bits per heavy atom. The van der Waals surface area contributed by atoms with Gasteiger partial charge in [0.05, 0.1) is 0 Å². The zero-order chi connectivity index (χ0) is 22.8.